The Morgan fingerprint density at radius 1 is 1.29 bits per heavy atom. The molecule has 1 aliphatic heterocycles. The fourth-order valence-electron chi connectivity index (χ4n) is 2.74. The molecule has 2 amide bonds. The van der Waals surface area contributed by atoms with Gasteiger partial charge in [-0.15, -0.1) is 0 Å². The van der Waals surface area contributed by atoms with E-state index in [9.17, 15) is 22.8 Å². The van der Waals surface area contributed by atoms with E-state index in [1.165, 1.54) is 6.08 Å². The first-order chi connectivity index (χ1) is 9.75. The zero-order chi connectivity index (χ0) is 15.7. The third-order valence-corrected chi connectivity index (χ3v) is 4.13. The van der Waals surface area contributed by atoms with E-state index in [0.717, 1.165) is 0 Å². The molecule has 1 saturated carbocycles. The van der Waals surface area contributed by atoms with E-state index < -0.39 is 18.1 Å². The number of hydrogen-bond donors (Lipinski definition) is 1. The van der Waals surface area contributed by atoms with Gasteiger partial charge in [0, 0.05) is 24.5 Å². The number of hydrogen-bond acceptors (Lipinski definition) is 2. The Hall–Kier alpha value is -1.53. The smallest absolute Gasteiger partial charge is 0.350 e. The van der Waals surface area contributed by atoms with Gasteiger partial charge in [-0.2, -0.15) is 13.2 Å². The summed E-state index contributed by atoms with van der Waals surface area (Å²) in [6.45, 7) is 4.28. The molecule has 1 N–H and O–H groups in total. The van der Waals surface area contributed by atoms with E-state index in [4.69, 9.17) is 0 Å². The summed E-state index contributed by atoms with van der Waals surface area (Å²) in [6, 6.07) is 0. The second-order valence-corrected chi connectivity index (χ2v) is 5.87. The van der Waals surface area contributed by atoms with Gasteiger partial charge >= 0.3 is 6.18 Å². The molecule has 4 nitrogen and oxygen atoms in total. The standard InChI is InChI=1S/C14H19F3N2O2/c1-2-11(20)19-7-3-10(4-8-19)12(21)18-13(5-6-13)9-14(15,16)17/h2,10H,1,3-9H2,(H,18,21). The van der Waals surface area contributed by atoms with Crippen LogP contribution in [0.2, 0.25) is 0 Å². The van der Waals surface area contributed by atoms with E-state index in [2.05, 4.69) is 11.9 Å². The summed E-state index contributed by atoms with van der Waals surface area (Å²) in [7, 11) is 0. The number of piperidine rings is 1. The molecule has 7 heteroatoms. The van der Waals surface area contributed by atoms with Crippen LogP contribution in [0.25, 0.3) is 0 Å². The molecule has 1 saturated heterocycles. The minimum atomic E-state index is -4.26. The molecule has 21 heavy (non-hydrogen) atoms. The number of nitrogens with one attached hydrogen (secondary N) is 1. The summed E-state index contributed by atoms with van der Waals surface area (Å²) < 4.78 is 37.4. The minimum absolute atomic E-state index is 0.176. The maximum absolute atomic E-state index is 12.5. The average Bonchev–Trinajstić information content (AvgIpc) is 3.14. The highest BCUT2D eigenvalue weighted by molar-refractivity contribution is 5.87. The number of carbonyl (C=O) groups is 2. The second-order valence-electron chi connectivity index (χ2n) is 5.87. The summed E-state index contributed by atoms with van der Waals surface area (Å²) in [5.74, 6) is -0.809. The van der Waals surface area contributed by atoms with Crippen molar-refractivity contribution in [2.24, 2.45) is 5.92 Å². The topological polar surface area (TPSA) is 49.4 Å². The van der Waals surface area contributed by atoms with Crippen LogP contribution in [0.4, 0.5) is 13.2 Å². The third kappa shape index (κ3) is 4.22. The summed E-state index contributed by atoms with van der Waals surface area (Å²) in [6.07, 6.45) is -2.27. The van der Waals surface area contributed by atoms with Crippen LogP contribution < -0.4 is 5.32 Å². The molecule has 0 aromatic heterocycles. The van der Waals surface area contributed by atoms with Crippen molar-refractivity contribution in [3.8, 4) is 0 Å². The van der Waals surface area contributed by atoms with Crippen molar-refractivity contribution in [3.05, 3.63) is 12.7 Å². The quantitative estimate of drug-likeness (QED) is 0.808. The molecular weight excluding hydrogens is 285 g/mol. The van der Waals surface area contributed by atoms with Crippen molar-refractivity contribution in [1.29, 1.82) is 0 Å². The van der Waals surface area contributed by atoms with Crippen molar-refractivity contribution in [1.82, 2.24) is 10.2 Å². The van der Waals surface area contributed by atoms with Crippen molar-refractivity contribution in [2.45, 2.75) is 43.8 Å². The van der Waals surface area contributed by atoms with Crippen LogP contribution in [0.5, 0.6) is 0 Å². The number of likely N-dealkylation sites (tertiary alicyclic amines) is 1. The van der Waals surface area contributed by atoms with Gasteiger partial charge in [0.05, 0.1) is 6.42 Å². The van der Waals surface area contributed by atoms with Crippen LogP contribution in [0.15, 0.2) is 12.7 Å². The molecule has 1 aliphatic carbocycles. The molecule has 2 rings (SSSR count). The van der Waals surface area contributed by atoms with Crippen LogP contribution in [-0.2, 0) is 9.59 Å². The van der Waals surface area contributed by atoms with E-state index in [-0.39, 0.29) is 17.7 Å². The van der Waals surface area contributed by atoms with Crippen molar-refractivity contribution in [3.63, 3.8) is 0 Å². The van der Waals surface area contributed by atoms with Gasteiger partial charge in [0.2, 0.25) is 11.8 Å². The lowest BCUT2D eigenvalue weighted by Crippen LogP contribution is -2.47. The lowest BCUT2D eigenvalue weighted by atomic mass is 9.95. The number of amides is 2. The van der Waals surface area contributed by atoms with Gasteiger partial charge in [-0.3, -0.25) is 9.59 Å². The molecule has 0 bridgehead atoms. The van der Waals surface area contributed by atoms with E-state index in [0.29, 0.717) is 38.8 Å². The molecule has 0 unspecified atom stereocenters. The minimum Gasteiger partial charge on any atom is -0.350 e. The highest BCUT2D eigenvalue weighted by Gasteiger charge is 2.52. The van der Waals surface area contributed by atoms with Crippen LogP contribution in [0.1, 0.15) is 32.1 Å². The Balaban J connectivity index is 1.83. The van der Waals surface area contributed by atoms with E-state index in [1.54, 1.807) is 4.90 Å². The largest absolute Gasteiger partial charge is 0.391 e. The highest BCUT2D eigenvalue weighted by Crippen LogP contribution is 2.44. The van der Waals surface area contributed by atoms with Crippen molar-refractivity contribution >= 4 is 11.8 Å². The van der Waals surface area contributed by atoms with Crippen molar-refractivity contribution < 1.29 is 22.8 Å². The molecule has 118 valence electrons. The molecule has 0 atom stereocenters. The first-order valence-corrected chi connectivity index (χ1v) is 7.05. The monoisotopic (exact) mass is 304 g/mol. The second kappa shape index (κ2) is 5.69. The lowest BCUT2D eigenvalue weighted by Gasteiger charge is -2.31. The fourth-order valence-corrected chi connectivity index (χ4v) is 2.74. The number of rotatable bonds is 4. The van der Waals surface area contributed by atoms with Crippen LogP contribution in [-0.4, -0.2) is 41.5 Å². The Labute approximate surface area is 121 Å². The maximum Gasteiger partial charge on any atom is 0.391 e. The molecule has 0 aromatic rings. The van der Waals surface area contributed by atoms with E-state index >= 15 is 0 Å². The molecule has 2 aliphatic rings. The molecule has 0 spiro atoms. The Morgan fingerprint density at radius 2 is 1.86 bits per heavy atom. The maximum atomic E-state index is 12.5. The normalized spacial score (nSPS) is 21.8. The van der Waals surface area contributed by atoms with Crippen LogP contribution >= 0.6 is 0 Å². The Morgan fingerprint density at radius 3 is 2.29 bits per heavy atom. The predicted molar refractivity (Wildman–Crippen MR) is 70.3 cm³/mol. The van der Waals surface area contributed by atoms with Gasteiger partial charge < -0.3 is 10.2 Å². The van der Waals surface area contributed by atoms with Gasteiger partial charge in [0.15, 0.2) is 0 Å². The van der Waals surface area contributed by atoms with Gasteiger partial charge in [0.25, 0.3) is 0 Å². The van der Waals surface area contributed by atoms with Gasteiger partial charge in [0.1, 0.15) is 0 Å². The number of carbonyl (C=O) groups excluding carboxylic acids is 2. The zero-order valence-corrected chi connectivity index (χ0v) is 11.7. The number of halogens is 3. The number of nitrogens with zero attached hydrogens (tertiary/aromatic N) is 1. The van der Waals surface area contributed by atoms with Gasteiger partial charge in [-0.05, 0) is 31.8 Å². The SMILES string of the molecule is C=CC(=O)N1CCC(C(=O)NC2(CC(F)(F)F)CC2)CC1. The van der Waals surface area contributed by atoms with Crippen LogP contribution in [0, 0.1) is 5.92 Å². The molecule has 0 aromatic carbocycles. The zero-order valence-electron chi connectivity index (χ0n) is 11.7. The molecule has 1 heterocycles. The Kier molecular flexibility index (Phi) is 4.30. The molecule has 0 radical (unpaired) electrons. The average molecular weight is 304 g/mol. The number of alkyl halides is 3. The first kappa shape index (κ1) is 15.9. The summed E-state index contributed by atoms with van der Waals surface area (Å²) in [5, 5.41) is 2.57. The lowest BCUT2D eigenvalue weighted by molar-refractivity contribution is -0.146. The Bertz CT molecular complexity index is 436. The van der Waals surface area contributed by atoms with Crippen LogP contribution in [0.3, 0.4) is 0 Å². The molecule has 2 fully saturated rings. The van der Waals surface area contributed by atoms with E-state index in [1.807, 2.05) is 0 Å². The highest BCUT2D eigenvalue weighted by atomic mass is 19.4. The predicted octanol–water partition coefficient (Wildman–Crippen LogP) is 2.01. The first-order valence-electron chi connectivity index (χ1n) is 7.05. The fraction of sp³-hybridized carbons (Fsp3) is 0.714. The third-order valence-electron chi connectivity index (χ3n) is 4.13. The summed E-state index contributed by atoms with van der Waals surface area (Å²) >= 11 is 0. The van der Waals surface area contributed by atoms with Crippen molar-refractivity contribution in [2.75, 3.05) is 13.1 Å². The summed E-state index contributed by atoms with van der Waals surface area (Å²) in [5.41, 5.74) is -1.08. The van der Waals surface area contributed by atoms with Gasteiger partial charge in [-0.1, -0.05) is 6.58 Å². The van der Waals surface area contributed by atoms with Gasteiger partial charge in [-0.25, -0.2) is 0 Å². The summed E-state index contributed by atoms with van der Waals surface area (Å²) in [4.78, 5) is 25.1. The molecular formula is C14H19F3N2O2.